The Labute approximate surface area is 253 Å². The van der Waals surface area contributed by atoms with Crippen LogP contribution in [0.1, 0.15) is 0 Å². The number of benzene rings is 8. The molecule has 2 heterocycles. The molecule has 0 bridgehead atoms. The highest BCUT2D eigenvalue weighted by Crippen LogP contribution is 2.43. The minimum absolute atomic E-state index is 1.18. The van der Waals surface area contributed by atoms with Gasteiger partial charge in [-0.2, -0.15) is 0 Å². The second-order valence-electron chi connectivity index (χ2n) is 11.7. The van der Waals surface area contributed by atoms with Gasteiger partial charge in [-0.15, -0.1) is 0 Å². The second kappa shape index (κ2) is 8.82. The number of nitrogens with zero attached hydrogens (tertiary/aromatic N) is 2. The van der Waals surface area contributed by atoms with Gasteiger partial charge in [-0.3, -0.25) is 0 Å². The van der Waals surface area contributed by atoms with E-state index in [4.69, 9.17) is 0 Å². The van der Waals surface area contributed by atoms with Crippen molar-refractivity contribution in [3.8, 4) is 11.4 Å². The number of aromatic nitrogens is 2. The van der Waals surface area contributed by atoms with Crippen LogP contribution in [0, 0.1) is 0 Å². The SMILES string of the molecule is c1ccc2cc(-n3c4ccccc4c4c5c6ccccc6n(-c6cccc7c6ccc6ccccc67)c5ccc43)ccc2c1. The zero-order valence-corrected chi connectivity index (χ0v) is 23.9. The maximum Gasteiger partial charge on any atom is 0.0549 e. The molecule has 0 saturated heterocycles. The molecule has 0 aliphatic heterocycles. The van der Waals surface area contributed by atoms with Gasteiger partial charge in [0.15, 0.2) is 0 Å². The predicted octanol–water partition coefficient (Wildman–Crippen LogP) is 11.3. The van der Waals surface area contributed by atoms with Crippen LogP contribution in [-0.2, 0) is 0 Å². The van der Waals surface area contributed by atoms with Gasteiger partial charge in [0, 0.05) is 32.6 Å². The fourth-order valence-corrected chi connectivity index (χ4v) is 7.59. The highest BCUT2D eigenvalue weighted by molar-refractivity contribution is 6.29. The lowest BCUT2D eigenvalue weighted by atomic mass is 10.0. The first kappa shape index (κ1) is 23.7. The van der Waals surface area contributed by atoms with Crippen molar-refractivity contribution in [3.05, 3.63) is 158 Å². The molecule has 2 aromatic heterocycles. The lowest BCUT2D eigenvalue weighted by Gasteiger charge is -2.13. The van der Waals surface area contributed by atoms with Crippen molar-refractivity contribution in [2.45, 2.75) is 0 Å². The molecule has 0 aliphatic rings. The van der Waals surface area contributed by atoms with Crippen LogP contribution in [0.2, 0.25) is 0 Å². The van der Waals surface area contributed by atoms with Crippen LogP contribution < -0.4 is 0 Å². The molecule has 8 aromatic carbocycles. The quantitative estimate of drug-likeness (QED) is 0.187. The summed E-state index contributed by atoms with van der Waals surface area (Å²) in [7, 11) is 0. The van der Waals surface area contributed by atoms with Crippen LogP contribution in [0.3, 0.4) is 0 Å². The van der Waals surface area contributed by atoms with Crippen LogP contribution in [0.25, 0.3) is 87.3 Å². The van der Waals surface area contributed by atoms with Crippen molar-refractivity contribution >= 4 is 75.9 Å². The van der Waals surface area contributed by atoms with Crippen LogP contribution in [0.15, 0.2) is 158 Å². The van der Waals surface area contributed by atoms with E-state index >= 15 is 0 Å². The third-order valence-corrected chi connectivity index (χ3v) is 9.47. The molecule has 2 nitrogen and oxygen atoms in total. The largest absolute Gasteiger partial charge is 0.309 e. The van der Waals surface area contributed by atoms with Gasteiger partial charge in [0.05, 0.1) is 27.8 Å². The highest BCUT2D eigenvalue weighted by Gasteiger charge is 2.21. The molecule has 10 rings (SSSR count). The van der Waals surface area contributed by atoms with Gasteiger partial charge in [0.1, 0.15) is 0 Å². The monoisotopic (exact) mass is 558 g/mol. The Morgan fingerprint density at radius 3 is 1.64 bits per heavy atom. The van der Waals surface area contributed by atoms with Crippen LogP contribution >= 0.6 is 0 Å². The number of hydrogen-bond donors (Lipinski definition) is 0. The Balaban J connectivity index is 1.36. The highest BCUT2D eigenvalue weighted by atomic mass is 15.0. The van der Waals surface area contributed by atoms with E-state index in [0.29, 0.717) is 0 Å². The molecular weight excluding hydrogens is 532 g/mol. The average Bonchev–Trinajstić information content (AvgIpc) is 3.60. The van der Waals surface area contributed by atoms with E-state index in [1.807, 2.05) is 0 Å². The van der Waals surface area contributed by atoms with Crippen LogP contribution in [-0.4, -0.2) is 9.13 Å². The Bertz CT molecular complexity index is 2780. The van der Waals surface area contributed by atoms with E-state index in [1.54, 1.807) is 0 Å². The molecule has 0 amide bonds. The fraction of sp³-hybridized carbons (Fsp3) is 0. The van der Waals surface area contributed by atoms with E-state index in [9.17, 15) is 0 Å². The molecule has 0 fully saturated rings. The van der Waals surface area contributed by atoms with Gasteiger partial charge in [-0.25, -0.2) is 0 Å². The van der Waals surface area contributed by atoms with Crippen LogP contribution in [0.5, 0.6) is 0 Å². The fourth-order valence-electron chi connectivity index (χ4n) is 7.59. The summed E-state index contributed by atoms with van der Waals surface area (Å²) in [6.07, 6.45) is 0. The van der Waals surface area contributed by atoms with Crippen molar-refractivity contribution < 1.29 is 0 Å². The standard InChI is InChI=1S/C42H26N2/c1-2-12-29-26-30(22-20-27(29)10-1)43-37-17-7-5-14-34(37)41-39(43)24-25-40-42(41)35-15-6-8-18-38(35)44(40)36-19-9-16-32-31-13-4-3-11-28(31)21-23-33(32)36/h1-26H. The molecule has 0 N–H and O–H groups in total. The first-order chi connectivity index (χ1) is 21.8. The molecule has 0 atom stereocenters. The first-order valence-corrected chi connectivity index (χ1v) is 15.2. The normalized spacial score (nSPS) is 12.1. The van der Waals surface area contributed by atoms with Crippen molar-refractivity contribution in [1.29, 1.82) is 0 Å². The van der Waals surface area contributed by atoms with Crippen molar-refractivity contribution in [1.82, 2.24) is 9.13 Å². The van der Waals surface area contributed by atoms with Gasteiger partial charge in [-0.05, 0) is 69.4 Å². The third kappa shape index (κ3) is 3.14. The third-order valence-electron chi connectivity index (χ3n) is 9.47. The smallest absolute Gasteiger partial charge is 0.0549 e. The van der Waals surface area contributed by atoms with E-state index in [-0.39, 0.29) is 0 Å². The summed E-state index contributed by atoms with van der Waals surface area (Å²) in [6, 6.07) is 57.8. The summed E-state index contributed by atoms with van der Waals surface area (Å²) in [5.41, 5.74) is 7.27. The molecule has 0 unspecified atom stereocenters. The minimum atomic E-state index is 1.18. The van der Waals surface area contributed by atoms with E-state index in [2.05, 4.69) is 167 Å². The molecule has 0 radical (unpaired) electrons. The first-order valence-electron chi connectivity index (χ1n) is 15.2. The lowest BCUT2D eigenvalue weighted by Crippen LogP contribution is -1.96. The zero-order chi connectivity index (χ0) is 28.8. The summed E-state index contributed by atoms with van der Waals surface area (Å²) in [6.45, 7) is 0. The van der Waals surface area contributed by atoms with Crippen molar-refractivity contribution in [2.75, 3.05) is 0 Å². The number of fused-ring (bicyclic) bond motifs is 11. The number of para-hydroxylation sites is 2. The van der Waals surface area contributed by atoms with Gasteiger partial charge in [-0.1, -0.05) is 115 Å². The second-order valence-corrected chi connectivity index (χ2v) is 11.7. The molecule has 204 valence electrons. The summed E-state index contributed by atoms with van der Waals surface area (Å²) < 4.78 is 4.91. The van der Waals surface area contributed by atoms with Gasteiger partial charge >= 0.3 is 0 Å². The topological polar surface area (TPSA) is 9.86 Å². The maximum absolute atomic E-state index is 2.48. The van der Waals surface area contributed by atoms with Crippen LogP contribution in [0.4, 0.5) is 0 Å². The van der Waals surface area contributed by atoms with Crippen molar-refractivity contribution in [3.63, 3.8) is 0 Å². The Morgan fingerprint density at radius 1 is 0.295 bits per heavy atom. The molecule has 0 spiro atoms. The Kier molecular flexibility index (Phi) is 4.75. The van der Waals surface area contributed by atoms with Gasteiger partial charge in [0.25, 0.3) is 0 Å². The molecule has 44 heavy (non-hydrogen) atoms. The summed E-state index contributed by atoms with van der Waals surface area (Å²) in [4.78, 5) is 0. The van der Waals surface area contributed by atoms with E-state index in [1.165, 1.54) is 87.3 Å². The minimum Gasteiger partial charge on any atom is -0.309 e. The molecule has 0 saturated carbocycles. The molecular formula is C42H26N2. The summed E-state index contributed by atoms with van der Waals surface area (Å²) in [5.74, 6) is 0. The Hall–Kier alpha value is -5.86. The summed E-state index contributed by atoms with van der Waals surface area (Å²) >= 11 is 0. The average molecular weight is 559 g/mol. The lowest BCUT2D eigenvalue weighted by molar-refractivity contribution is 1.18. The van der Waals surface area contributed by atoms with E-state index < -0.39 is 0 Å². The van der Waals surface area contributed by atoms with Gasteiger partial charge < -0.3 is 9.13 Å². The van der Waals surface area contributed by atoms with Gasteiger partial charge in [0.2, 0.25) is 0 Å². The molecule has 0 aliphatic carbocycles. The summed E-state index contributed by atoms with van der Waals surface area (Å²) in [5, 5.41) is 12.7. The number of rotatable bonds is 2. The Morgan fingerprint density at radius 2 is 0.864 bits per heavy atom. The predicted molar refractivity (Wildman–Crippen MR) is 188 cm³/mol. The van der Waals surface area contributed by atoms with Crippen molar-refractivity contribution in [2.24, 2.45) is 0 Å². The molecule has 2 heteroatoms. The zero-order valence-electron chi connectivity index (χ0n) is 23.9. The molecule has 10 aromatic rings. The van der Waals surface area contributed by atoms with E-state index in [0.717, 1.165) is 0 Å². The maximum atomic E-state index is 2.48. The number of hydrogen-bond acceptors (Lipinski definition) is 0.